The third kappa shape index (κ3) is 7.22. The molecule has 0 aliphatic rings. The van der Waals surface area contributed by atoms with Gasteiger partial charge in [0.05, 0.1) is 19.8 Å². The van der Waals surface area contributed by atoms with Gasteiger partial charge in [-0.05, 0) is 70.7 Å². The van der Waals surface area contributed by atoms with Crippen LogP contribution in [0.5, 0.6) is 0 Å². The lowest BCUT2D eigenvalue weighted by molar-refractivity contribution is -0.142. The van der Waals surface area contributed by atoms with Crippen LogP contribution in [0.2, 0.25) is 0 Å². The van der Waals surface area contributed by atoms with Crippen LogP contribution in [0.4, 0.5) is 0 Å². The molecule has 0 aliphatic heterocycles. The lowest BCUT2D eigenvalue weighted by atomic mass is 10.0. The molecule has 0 saturated carbocycles. The Bertz CT molecular complexity index is 1060. The summed E-state index contributed by atoms with van der Waals surface area (Å²) in [6, 6.07) is 7.20. The van der Waals surface area contributed by atoms with E-state index in [9.17, 15) is 18.9 Å². The van der Waals surface area contributed by atoms with E-state index in [4.69, 9.17) is 14.2 Å². The van der Waals surface area contributed by atoms with E-state index in [1.54, 1.807) is 52.0 Å². The van der Waals surface area contributed by atoms with Crippen LogP contribution in [0.1, 0.15) is 61.0 Å². The molecule has 0 atom stereocenters. The number of aryl methyl sites for hydroxylation is 6. The number of rotatable bonds is 13. The minimum atomic E-state index is -4.42. The first kappa shape index (κ1) is 29.6. The molecule has 36 heavy (non-hydrogen) atoms. The minimum absolute atomic E-state index is 0.0848. The van der Waals surface area contributed by atoms with Gasteiger partial charge in [-0.15, -0.1) is 0 Å². The molecule has 0 saturated heterocycles. The summed E-state index contributed by atoms with van der Waals surface area (Å²) in [6.07, 6.45) is -0.802. The summed E-state index contributed by atoms with van der Waals surface area (Å²) in [5.41, 5.74) is 3.13. The summed E-state index contributed by atoms with van der Waals surface area (Å²) in [4.78, 5) is 40.3. The highest BCUT2D eigenvalue weighted by Gasteiger charge is 2.45. The van der Waals surface area contributed by atoms with Gasteiger partial charge >= 0.3 is 5.97 Å². The average Bonchev–Trinajstić information content (AvgIpc) is 2.76. The summed E-state index contributed by atoms with van der Waals surface area (Å²) in [7, 11) is -4.42. The first-order valence-electron chi connectivity index (χ1n) is 12.1. The SMILES string of the molecule is CCOCCOCCOC(=O)CP(=O)(C(=O)c1c(C)cc(C)cc1C)C(=O)c1c(C)cc(C)cc1C. The molecule has 0 aromatic heterocycles. The fourth-order valence-corrected chi connectivity index (χ4v) is 6.79. The Morgan fingerprint density at radius 2 is 1.06 bits per heavy atom. The van der Waals surface area contributed by atoms with Gasteiger partial charge in [-0.25, -0.2) is 0 Å². The van der Waals surface area contributed by atoms with Crippen molar-refractivity contribution in [1.82, 2.24) is 0 Å². The van der Waals surface area contributed by atoms with E-state index in [1.807, 2.05) is 20.8 Å². The number of benzene rings is 2. The van der Waals surface area contributed by atoms with Crippen molar-refractivity contribution in [2.75, 3.05) is 39.2 Å². The molecule has 2 rings (SSSR count). The zero-order chi connectivity index (χ0) is 27.0. The fourth-order valence-electron chi connectivity index (χ4n) is 4.44. The van der Waals surface area contributed by atoms with E-state index in [0.29, 0.717) is 42.1 Å². The third-order valence-electron chi connectivity index (χ3n) is 5.86. The average molecular weight is 517 g/mol. The van der Waals surface area contributed by atoms with Crippen molar-refractivity contribution >= 4 is 24.2 Å². The molecule has 2 aromatic rings. The number of carbonyl (C=O) groups is 3. The molecule has 7 nitrogen and oxygen atoms in total. The predicted octanol–water partition coefficient (Wildman–Crippen LogP) is 5.48. The van der Waals surface area contributed by atoms with Gasteiger partial charge in [0.2, 0.25) is 18.2 Å². The maximum atomic E-state index is 14.4. The molecule has 0 bridgehead atoms. The second kappa shape index (κ2) is 13.1. The minimum Gasteiger partial charge on any atom is -0.463 e. The summed E-state index contributed by atoms with van der Waals surface area (Å²) < 4.78 is 30.1. The molecule has 0 amide bonds. The number of hydrogen-bond acceptors (Lipinski definition) is 7. The van der Waals surface area contributed by atoms with Crippen molar-refractivity contribution in [1.29, 1.82) is 0 Å². The van der Waals surface area contributed by atoms with Gasteiger partial charge in [0.25, 0.3) is 0 Å². The van der Waals surface area contributed by atoms with Crippen molar-refractivity contribution in [3.05, 3.63) is 68.8 Å². The summed E-state index contributed by atoms with van der Waals surface area (Å²) >= 11 is 0. The molecule has 0 N–H and O–H groups in total. The quantitative estimate of drug-likeness (QED) is 0.198. The van der Waals surface area contributed by atoms with Crippen LogP contribution < -0.4 is 0 Å². The van der Waals surface area contributed by atoms with Crippen molar-refractivity contribution in [2.24, 2.45) is 0 Å². The van der Waals surface area contributed by atoms with Crippen LogP contribution in [0, 0.1) is 41.5 Å². The zero-order valence-corrected chi connectivity index (χ0v) is 23.3. The highest BCUT2D eigenvalue weighted by molar-refractivity contribution is 7.96. The van der Waals surface area contributed by atoms with Crippen molar-refractivity contribution < 1.29 is 33.2 Å². The van der Waals surface area contributed by atoms with Gasteiger partial charge in [-0.1, -0.05) is 35.4 Å². The summed E-state index contributed by atoms with van der Waals surface area (Å²) in [5.74, 6) is -0.877. The molecular formula is C28H37O7P. The number of hydrogen-bond donors (Lipinski definition) is 0. The molecule has 0 radical (unpaired) electrons. The molecule has 0 heterocycles. The Labute approximate surface area is 213 Å². The Morgan fingerprint density at radius 3 is 1.47 bits per heavy atom. The van der Waals surface area contributed by atoms with Gasteiger partial charge in [0.1, 0.15) is 12.8 Å². The van der Waals surface area contributed by atoms with Gasteiger partial charge in [-0.3, -0.25) is 14.4 Å². The lowest BCUT2D eigenvalue weighted by Crippen LogP contribution is -2.23. The molecule has 0 unspecified atom stereocenters. The topological polar surface area (TPSA) is 96.0 Å². The Morgan fingerprint density at radius 1 is 0.667 bits per heavy atom. The van der Waals surface area contributed by atoms with E-state index in [0.717, 1.165) is 11.1 Å². The van der Waals surface area contributed by atoms with E-state index >= 15 is 0 Å². The normalized spacial score (nSPS) is 11.4. The second-order valence-electron chi connectivity index (χ2n) is 9.09. The maximum Gasteiger partial charge on any atom is 0.314 e. The van der Waals surface area contributed by atoms with E-state index in [-0.39, 0.29) is 24.3 Å². The van der Waals surface area contributed by atoms with Gasteiger partial charge in [0, 0.05) is 17.7 Å². The molecule has 196 valence electrons. The van der Waals surface area contributed by atoms with E-state index in [1.165, 1.54) is 0 Å². The van der Waals surface area contributed by atoms with Crippen molar-refractivity contribution in [2.45, 2.75) is 48.5 Å². The van der Waals surface area contributed by atoms with Crippen LogP contribution >= 0.6 is 7.14 Å². The summed E-state index contributed by atoms with van der Waals surface area (Å²) in [6.45, 7) is 14.0. The van der Waals surface area contributed by atoms with E-state index < -0.39 is 30.3 Å². The van der Waals surface area contributed by atoms with Crippen LogP contribution in [0.15, 0.2) is 24.3 Å². The first-order valence-corrected chi connectivity index (χ1v) is 14.0. The smallest absolute Gasteiger partial charge is 0.314 e. The zero-order valence-electron chi connectivity index (χ0n) is 22.4. The van der Waals surface area contributed by atoms with Crippen LogP contribution in [-0.2, 0) is 23.6 Å². The molecule has 8 heteroatoms. The Hall–Kier alpha value is -2.60. The Kier molecular flexibility index (Phi) is 10.8. The van der Waals surface area contributed by atoms with Crippen LogP contribution in [0.25, 0.3) is 0 Å². The standard InChI is InChI=1S/C28H37O7P/c1-8-33-9-10-34-11-12-35-24(29)17-36(32,27(30)25-20(4)13-18(2)14-21(25)5)28(31)26-22(6)15-19(3)16-23(26)7/h13-16H,8-12,17H2,1-7H3. The Balaban J connectivity index is 2.39. The molecular weight excluding hydrogens is 479 g/mol. The van der Waals surface area contributed by atoms with Crippen LogP contribution in [0.3, 0.4) is 0 Å². The first-order chi connectivity index (χ1) is 16.9. The van der Waals surface area contributed by atoms with Crippen molar-refractivity contribution in [3.63, 3.8) is 0 Å². The molecule has 0 aliphatic carbocycles. The highest BCUT2D eigenvalue weighted by atomic mass is 31.2. The number of carbonyl (C=O) groups excluding carboxylic acids is 3. The van der Waals surface area contributed by atoms with E-state index in [2.05, 4.69) is 0 Å². The third-order valence-corrected chi connectivity index (χ3v) is 8.32. The van der Waals surface area contributed by atoms with Gasteiger partial charge in [-0.2, -0.15) is 0 Å². The highest BCUT2D eigenvalue weighted by Crippen LogP contribution is 2.53. The monoisotopic (exact) mass is 516 g/mol. The molecule has 0 spiro atoms. The van der Waals surface area contributed by atoms with Gasteiger partial charge < -0.3 is 18.8 Å². The second-order valence-corrected chi connectivity index (χ2v) is 11.7. The largest absolute Gasteiger partial charge is 0.463 e. The van der Waals surface area contributed by atoms with Crippen LogP contribution in [-0.4, -0.2) is 56.2 Å². The predicted molar refractivity (Wildman–Crippen MR) is 141 cm³/mol. The summed E-state index contributed by atoms with van der Waals surface area (Å²) in [5, 5.41) is 0. The number of ether oxygens (including phenoxy) is 3. The molecule has 2 aromatic carbocycles. The van der Waals surface area contributed by atoms with Crippen molar-refractivity contribution in [3.8, 4) is 0 Å². The number of esters is 1. The molecule has 0 fully saturated rings. The lowest BCUT2D eigenvalue weighted by Gasteiger charge is -2.20. The fraction of sp³-hybridized carbons (Fsp3) is 0.464. The van der Waals surface area contributed by atoms with Gasteiger partial charge in [0.15, 0.2) is 0 Å². The maximum absolute atomic E-state index is 14.4.